The van der Waals surface area contributed by atoms with Gasteiger partial charge in [0, 0.05) is 13.0 Å². The van der Waals surface area contributed by atoms with Gasteiger partial charge in [0.2, 0.25) is 0 Å². The minimum atomic E-state index is -0.370. The molecule has 1 aromatic carbocycles. The van der Waals surface area contributed by atoms with Crippen LogP contribution in [0.25, 0.3) is 0 Å². The molecular weight excluding hydrogens is 290 g/mol. The second kappa shape index (κ2) is 10.3. The fourth-order valence-electron chi connectivity index (χ4n) is 1.60. The standard InChI is InChI=1S/C15H21NO4S/c1-2-18-7-8-19-9-10-20-15(17)13-5-3-12(4-6-13)11-14(16)21/h3-6H,2,7-11H2,1H3,(H2,16,21). The molecule has 21 heavy (non-hydrogen) atoms. The molecule has 0 spiro atoms. The maximum absolute atomic E-state index is 11.8. The van der Waals surface area contributed by atoms with Crippen molar-refractivity contribution in [2.45, 2.75) is 13.3 Å². The van der Waals surface area contributed by atoms with Gasteiger partial charge in [-0.05, 0) is 24.6 Å². The number of esters is 1. The molecule has 2 N–H and O–H groups in total. The van der Waals surface area contributed by atoms with Crippen LogP contribution < -0.4 is 5.73 Å². The lowest BCUT2D eigenvalue weighted by atomic mass is 10.1. The van der Waals surface area contributed by atoms with E-state index >= 15 is 0 Å². The average molecular weight is 311 g/mol. The molecule has 116 valence electrons. The van der Waals surface area contributed by atoms with Crippen molar-refractivity contribution < 1.29 is 19.0 Å². The van der Waals surface area contributed by atoms with Gasteiger partial charge in [-0.3, -0.25) is 0 Å². The lowest BCUT2D eigenvalue weighted by molar-refractivity contribution is 0.0164. The van der Waals surface area contributed by atoms with Crippen LogP contribution in [-0.2, 0) is 20.6 Å². The fourth-order valence-corrected chi connectivity index (χ4v) is 1.77. The number of benzene rings is 1. The average Bonchev–Trinajstić information content (AvgIpc) is 2.46. The van der Waals surface area contributed by atoms with Gasteiger partial charge < -0.3 is 19.9 Å². The Kier molecular flexibility index (Phi) is 8.57. The van der Waals surface area contributed by atoms with Crippen molar-refractivity contribution in [2.24, 2.45) is 5.73 Å². The topological polar surface area (TPSA) is 70.8 Å². The van der Waals surface area contributed by atoms with Gasteiger partial charge in [0.05, 0.1) is 30.4 Å². The number of thiocarbonyl (C=S) groups is 1. The van der Waals surface area contributed by atoms with Gasteiger partial charge in [-0.15, -0.1) is 0 Å². The van der Waals surface area contributed by atoms with Crippen LogP contribution in [0.5, 0.6) is 0 Å². The molecule has 0 radical (unpaired) electrons. The summed E-state index contributed by atoms with van der Waals surface area (Å²) in [7, 11) is 0. The van der Waals surface area contributed by atoms with Crippen LogP contribution >= 0.6 is 12.2 Å². The third-order valence-corrected chi connectivity index (χ3v) is 2.75. The summed E-state index contributed by atoms with van der Waals surface area (Å²) in [5.41, 5.74) is 6.93. The van der Waals surface area contributed by atoms with E-state index in [0.29, 0.717) is 43.4 Å². The van der Waals surface area contributed by atoms with Gasteiger partial charge in [0.1, 0.15) is 6.61 Å². The Morgan fingerprint density at radius 2 is 1.71 bits per heavy atom. The predicted molar refractivity (Wildman–Crippen MR) is 84.5 cm³/mol. The Morgan fingerprint density at radius 3 is 2.33 bits per heavy atom. The fraction of sp³-hybridized carbons (Fsp3) is 0.467. The first kappa shape index (κ1) is 17.6. The maximum atomic E-state index is 11.8. The zero-order valence-corrected chi connectivity index (χ0v) is 13.0. The van der Waals surface area contributed by atoms with Crippen LogP contribution in [0.4, 0.5) is 0 Å². The van der Waals surface area contributed by atoms with Crippen LogP contribution in [-0.4, -0.2) is 44.0 Å². The van der Waals surface area contributed by atoms with E-state index in [1.165, 1.54) is 0 Å². The summed E-state index contributed by atoms with van der Waals surface area (Å²) < 4.78 is 15.5. The first-order valence-electron chi connectivity index (χ1n) is 6.83. The number of hydrogen-bond donors (Lipinski definition) is 1. The van der Waals surface area contributed by atoms with Crippen molar-refractivity contribution in [2.75, 3.05) is 33.0 Å². The third-order valence-electron chi connectivity index (χ3n) is 2.60. The molecule has 6 heteroatoms. The number of nitrogens with two attached hydrogens (primary N) is 1. The van der Waals surface area contributed by atoms with Gasteiger partial charge in [-0.25, -0.2) is 4.79 Å². The monoisotopic (exact) mass is 311 g/mol. The molecule has 1 aromatic rings. The van der Waals surface area contributed by atoms with Crippen molar-refractivity contribution in [1.29, 1.82) is 0 Å². The Labute approximate surface area is 130 Å². The third kappa shape index (κ3) is 7.75. The molecule has 0 atom stereocenters. The van der Waals surface area contributed by atoms with E-state index < -0.39 is 0 Å². The Bertz CT molecular complexity index is 447. The first-order valence-corrected chi connectivity index (χ1v) is 7.24. The van der Waals surface area contributed by atoms with Crippen LogP contribution in [0.3, 0.4) is 0 Å². The second-order valence-corrected chi connectivity index (χ2v) is 4.81. The lowest BCUT2D eigenvalue weighted by Gasteiger charge is -2.07. The normalized spacial score (nSPS) is 10.3. The molecule has 0 saturated carbocycles. The molecule has 0 unspecified atom stereocenters. The predicted octanol–water partition coefficient (Wildman–Crippen LogP) is 1.73. The molecule has 0 aliphatic heterocycles. The SMILES string of the molecule is CCOCCOCCOC(=O)c1ccc(CC(N)=S)cc1. The summed E-state index contributed by atoms with van der Waals surface area (Å²) in [5.74, 6) is -0.370. The Hall–Kier alpha value is -1.50. The highest BCUT2D eigenvalue weighted by Gasteiger charge is 2.07. The summed E-state index contributed by atoms with van der Waals surface area (Å²) in [6.07, 6.45) is 0.526. The van der Waals surface area contributed by atoms with Crippen molar-refractivity contribution in [3.8, 4) is 0 Å². The first-order chi connectivity index (χ1) is 10.1. The minimum Gasteiger partial charge on any atom is -0.460 e. The molecule has 0 aliphatic rings. The largest absolute Gasteiger partial charge is 0.460 e. The molecule has 0 aliphatic carbocycles. The van der Waals surface area contributed by atoms with Gasteiger partial charge >= 0.3 is 5.97 Å². The number of rotatable bonds is 10. The quantitative estimate of drug-likeness (QED) is 0.403. The van der Waals surface area contributed by atoms with Gasteiger partial charge in [0.25, 0.3) is 0 Å². The Balaban J connectivity index is 2.24. The highest BCUT2D eigenvalue weighted by atomic mass is 32.1. The molecule has 0 heterocycles. The van der Waals surface area contributed by atoms with E-state index in [1.54, 1.807) is 12.1 Å². The van der Waals surface area contributed by atoms with Crippen LogP contribution in [0.2, 0.25) is 0 Å². The van der Waals surface area contributed by atoms with Crippen molar-refractivity contribution in [1.82, 2.24) is 0 Å². The highest BCUT2D eigenvalue weighted by Crippen LogP contribution is 2.07. The van der Waals surface area contributed by atoms with Crippen molar-refractivity contribution >= 4 is 23.2 Å². The molecule has 5 nitrogen and oxygen atoms in total. The number of ether oxygens (including phenoxy) is 3. The summed E-state index contributed by atoms with van der Waals surface area (Å²) in [4.78, 5) is 12.2. The van der Waals surface area contributed by atoms with Gasteiger partial charge in [-0.1, -0.05) is 24.4 Å². The van der Waals surface area contributed by atoms with E-state index in [0.717, 1.165) is 5.56 Å². The minimum absolute atomic E-state index is 0.222. The number of carbonyl (C=O) groups excluding carboxylic acids is 1. The van der Waals surface area contributed by atoms with Gasteiger partial charge in [-0.2, -0.15) is 0 Å². The second-order valence-electron chi connectivity index (χ2n) is 4.29. The molecular formula is C15H21NO4S. The molecule has 0 bridgehead atoms. The molecule has 1 rings (SSSR count). The summed E-state index contributed by atoms with van der Waals surface area (Å²) in [6.45, 7) is 4.23. The lowest BCUT2D eigenvalue weighted by Crippen LogP contribution is -2.13. The molecule has 0 amide bonds. The number of hydrogen-bond acceptors (Lipinski definition) is 5. The van der Waals surface area contributed by atoms with Crippen molar-refractivity contribution in [3.63, 3.8) is 0 Å². The van der Waals surface area contributed by atoms with Crippen molar-refractivity contribution in [3.05, 3.63) is 35.4 Å². The van der Waals surface area contributed by atoms with E-state index in [2.05, 4.69) is 0 Å². The Morgan fingerprint density at radius 1 is 1.10 bits per heavy atom. The summed E-state index contributed by atoms with van der Waals surface area (Å²) in [6, 6.07) is 7.03. The summed E-state index contributed by atoms with van der Waals surface area (Å²) >= 11 is 4.83. The van der Waals surface area contributed by atoms with E-state index in [9.17, 15) is 4.79 Å². The summed E-state index contributed by atoms with van der Waals surface area (Å²) in [5, 5.41) is 0. The maximum Gasteiger partial charge on any atom is 0.338 e. The van der Waals surface area contributed by atoms with E-state index in [4.69, 9.17) is 32.2 Å². The van der Waals surface area contributed by atoms with E-state index in [-0.39, 0.29) is 12.6 Å². The molecule has 0 saturated heterocycles. The number of carbonyl (C=O) groups is 1. The van der Waals surface area contributed by atoms with Crippen LogP contribution in [0.15, 0.2) is 24.3 Å². The van der Waals surface area contributed by atoms with E-state index in [1.807, 2.05) is 19.1 Å². The molecule has 0 aromatic heterocycles. The van der Waals surface area contributed by atoms with Gasteiger partial charge in [0.15, 0.2) is 0 Å². The zero-order valence-electron chi connectivity index (χ0n) is 12.2. The molecule has 0 fully saturated rings. The smallest absolute Gasteiger partial charge is 0.338 e. The van der Waals surface area contributed by atoms with Crippen LogP contribution in [0, 0.1) is 0 Å². The zero-order chi connectivity index (χ0) is 15.5. The van der Waals surface area contributed by atoms with Crippen LogP contribution in [0.1, 0.15) is 22.8 Å². The highest BCUT2D eigenvalue weighted by molar-refractivity contribution is 7.80.